The van der Waals surface area contributed by atoms with Gasteiger partial charge >= 0.3 is 0 Å². The molecule has 2 aromatic rings. The molecule has 1 saturated heterocycles. The quantitative estimate of drug-likeness (QED) is 0.914. The van der Waals surface area contributed by atoms with Crippen LogP contribution in [0.4, 0.5) is 5.69 Å². The first-order chi connectivity index (χ1) is 11.2. The Morgan fingerprint density at radius 1 is 1.30 bits per heavy atom. The molecule has 1 amide bonds. The second-order valence-corrected chi connectivity index (χ2v) is 5.77. The van der Waals surface area contributed by atoms with Gasteiger partial charge in [0.1, 0.15) is 0 Å². The van der Waals surface area contributed by atoms with E-state index in [2.05, 4.69) is 15.3 Å². The van der Waals surface area contributed by atoms with Crippen LogP contribution in [-0.4, -0.2) is 53.4 Å². The molecule has 3 rings (SSSR count). The standard InChI is InChI=1S/C17H22N4O2/c1-14-3-2-4-15(11-14)17(22)19-16-12-18-21(13-16)6-5-20-7-9-23-10-8-20/h2-4,11-13H,5-10H2,1H3,(H,19,22). The van der Waals surface area contributed by atoms with Crippen LogP contribution in [0.25, 0.3) is 0 Å². The zero-order chi connectivity index (χ0) is 16.1. The first-order valence-corrected chi connectivity index (χ1v) is 7.91. The van der Waals surface area contributed by atoms with E-state index in [1.807, 2.05) is 42.1 Å². The highest BCUT2D eigenvalue weighted by Crippen LogP contribution is 2.10. The number of aryl methyl sites for hydroxylation is 1. The van der Waals surface area contributed by atoms with Crippen LogP contribution in [0.15, 0.2) is 36.7 Å². The largest absolute Gasteiger partial charge is 0.379 e. The Morgan fingerprint density at radius 2 is 2.13 bits per heavy atom. The van der Waals surface area contributed by atoms with Crippen LogP contribution in [-0.2, 0) is 11.3 Å². The van der Waals surface area contributed by atoms with Crippen LogP contribution in [0.3, 0.4) is 0 Å². The van der Waals surface area contributed by atoms with Gasteiger partial charge in [0.05, 0.1) is 31.6 Å². The number of aromatic nitrogens is 2. The number of hydrogen-bond donors (Lipinski definition) is 1. The molecule has 2 heterocycles. The smallest absolute Gasteiger partial charge is 0.255 e. The minimum Gasteiger partial charge on any atom is -0.379 e. The van der Waals surface area contributed by atoms with Crippen LogP contribution in [0.1, 0.15) is 15.9 Å². The molecule has 1 fully saturated rings. The highest BCUT2D eigenvalue weighted by molar-refractivity contribution is 6.04. The number of hydrogen-bond acceptors (Lipinski definition) is 4. The maximum Gasteiger partial charge on any atom is 0.255 e. The van der Waals surface area contributed by atoms with E-state index in [4.69, 9.17) is 4.74 Å². The molecule has 1 N–H and O–H groups in total. The Morgan fingerprint density at radius 3 is 2.91 bits per heavy atom. The minimum atomic E-state index is -0.110. The molecule has 1 aliphatic heterocycles. The lowest BCUT2D eigenvalue weighted by Gasteiger charge is -2.26. The first-order valence-electron chi connectivity index (χ1n) is 7.91. The summed E-state index contributed by atoms with van der Waals surface area (Å²) in [6.07, 6.45) is 3.56. The lowest BCUT2D eigenvalue weighted by molar-refractivity contribution is 0.0360. The van der Waals surface area contributed by atoms with Gasteiger partial charge < -0.3 is 10.1 Å². The predicted octanol–water partition coefficient (Wildman–Crippen LogP) is 1.78. The molecule has 23 heavy (non-hydrogen) atoms. The van der Waals surface area contributed by atoms with Crippen molar-refractivity contribution in [2.75, 3.05) is 38.2 Å². The van der Waals surface area contributed by atoms with Gasteiger partial charge in [-0.15, -0.1) is 0 Å². The Labute approximate surface area is 136 Å². The molecule has 6 heteroatoms. The highest BCUT2D eigenvalue weighted by atomic mass is 16.5. The van der Waals surface area contributed by atoms with E-state index in [-0.39, 0.29) is 5.91 Å². The van der Waals surface area contributed by atoms with E-state index < -0.39 is 0 Å². The van der Waals surface area contributed by atoms with Crippen molar-refractivity contribution in [3.8, 4) is 0 Å². The van der Waals surface area contributed by atoms with Crippen molar-refractivity contribution in [2.24, 2.45) is 0 Å². The number of anilines is 1. The van der Waals surface area contributed by atoms with Gasteiger partial charge in [0, 0.05) is 31.4 Å². The number of nitrogens with zero attached hydrogens (tertiary/aromatic N) is 3. The summed E-state index contributed by atoms with van der Waals surface area (Å²) in [6.45, 7) is 7.27. The zero-order valence-electron chi connectivity index (χ0n) is 13.4. The molecule has 0 radical (unpaired) electrons. The molecule has 0 unspecified atom stereocenters. The molecule has 0 saturated carbocycles. The molecule has 1 aromatic heterocycles. The van der Waals surface area contributed by atoms with Crippen LogP contribution in [0.5, 0.6) is 0 Å². The molecule has 6 nitrogen and oxygen atoms in total. The molecular weight excluding hydrogens is 292 g/mol. The van der Waals surface area contributed by atoms with Crippen LogP contribution in [0.2, 0.25) is 0 Å². The molecule has 0 spiro atoms. The van der Waals surface area contributed by atoms with Crippen LogP contribution < -0.4 is 5.32 Å². The summed E-state index contributed by atoms with van der Waals surface area (Å²) >= 11 is 0. The maximum atomic E-state index is 12.2. The summed E-state index contributed by atoms with van der Waals surface area (Å²) in [5, 5.41) is 7.20. The van der Waals surface area contributed by atoms with E-state index in [0.29, 0.717) is 5.56 Å². The topological polar surface area (TPSA) is 59.4 Å². The van der Waals surface area contributed by atoms with Crippen LogP contribution in [0, 0.1) is 6.92 Å². The van der Waals surface area contributed by atoms with Gasteiger partial charge in [-0.1, -0.05) is 17.7 Å². The third kappa shape index (κ3) is 4.40. The molecule has 0 atom stereocenters. The fourth-order valence-corrected chi connectivity index (χ4v) is 2.61. The minimum absolute atomic E-state index is 0.110. The fraction of sp³-hybridized carbons (Fsp3) is 0.412. The lowest BCUT2D eigenvalue weighted by Crippen LogP contribution is -2.38. The van der Waals surface area contributed by atoms with Crippen LogP contribution >= 0.6 is 0 Å². The number of carbonyl (C=O) groups excluding carboxylic acids is 1. The third-order valence-corrected chi connectivity index (χ3v) is 3.92. The number of morpholine rings is 1. The van der Waals surface area contributed by atoms with E-state index in [0.717, 1.165) is 50.6 Å². The Bertz CT molecular complexity index is 662. The van der Waals surface area contributed by atoms with E-state index >= 15 is 0 Å². The summed E-state index contributed by atoms with van der Waals surface area (Å²) in [7, 11) is 0. The van der Waals surface area contributed by atoms with Crippen molar-refractivity contribution in [3.63, 3.8) is 0 Å². The Kier molecular flexibility index (Phi) is 5.05. The van der Waals surface area contributed by atoms with E-state index in [1.54, 1.807) is 6.20 Å². The third-order valence-electron chi connectivity index (χ3n) is 3.92. The molecule has 1 aromatic carbocycles. The second-order valence-electron chi connectivity index (χ2n) is 5.77. The first kappa shape index (κ1) is 15.7. The van der Waals surface area contributed by atoms with Gasteiger partial charge in [-0.25, -0.2) is 0 Å². The van der Waals surface area contributed by atoms with Gasteiger partial charge in [0.25, 0.3) is 5.91 Å². The lowest BCUT2D eigenvalue weighted by atomic mass is 10.1. The monoisotopic (exact) mass is 314 g/mol. The van der Waals surface area contributed by atoms with Crippen molar-refractivity contribution in [1.82, 2.24) is 14.7 Å². The summed E-state index contributed by atoms with van der Waals surface area (Å²) in [5.74, 6) is -0.110. The average molecular weight is 314 g/mol. The summed E-state index contributed by atoms with van der Waals surface area (Å²) in [5.41, 5.74) is 2.45. The van der Waals surface area contributed by atoms with Gasteiger partial charge in [-0.3, -0.25) is 14.4 Å². The summed E-state index contributed by atoms with van der Waals surface area (Å²) in [4.78, 5) is 14.6. The highest BCUT2D eigenvalue weighted by Gasteiger charge is 2.11. The van der Waals surface area contributed by atoms with Crippen molar-refractivity contribution < 1.29 is 9.53 Å². The van der Waals surface area contributed by atoms with Crippen molar-refractivity contribution in [3.05, 3.63) is 47.8 Å². The molecule has 122 valence electrons. The summed E-state index contributed by atoms with van der Waals surface area (Å²) < 4.78 is 7.20. The zero-order valence-corrected chi connectivity index (χ0v) is 13.4. The normalized spacial score (nSPS) is 15.5. The van der Waals surface area contributed by atoms with Gasteiger partial charge in [-0.05, 0) is 19.1 Å². The number of rotatable bonds is 5. The number of ether oxygens (including phenoxy) is 1. The molecule has 0 bridgehead atoms. The Balaban J connectivity index is 1.53. The predicted molar refractivity (Wildman–Crippen MR) is 88.6 cm³/mol. The number of nitrogens with one attached hydrogen (secondary N) is 1. The van der Waals surface area contributed by atoms with E-state index in [1.165, 1.54) is 0 Å². The summed E-state index contributed by atoms with van der Waals surface area (Å²) in [6, 6.07) is 7.54. The van der Waals surface area contributed by atoms with Gasteiger partial charge in [0.15, 0.2) is 0 Å². The van der Waals surface area contributed by atoms with Crippen molar-refractivity contribution in [2.45, 2.75) is 13.5 Å². The van der Waals surface area contributed by atoms with Gasteiger partial charge in [-0.2, -0.15) is 5.10 Å². The molecule has 0 aliphatic carbocycles. The van der Waals surface area contributed by atoms with Gasteiger partial charge in [0.2, 0.25) is 0 Å². The second kappa shape index (κ2) is 7.39. The maximum absolute atomic E-state index is 12.2. The average Bonchev–Trinajstić information content (AvgIpc) is 3.01. The SMILES string of the molecule is Cc1cccc(C(=O)Nc2cnn(CCN3CCOCC3)c2)c1. The number of carbonyl (C=O) groups is 1. The molecular formula is C17H22N4O2. The molecule has 1 aliphatic rings. The van der Waals surface area contributed by atoms with Crippen molar-refractivity contribution >= 4 is 11.6 Å². The number of amides is 1. The van der Waals surface area contributed by atoms with E-state index in [9.17, 15) is 4.79 Å². The Hall–Kier alpha value is -2.18. The van der Waals surface area contributed by atoms with Crippen molar-refractivity contribution in [1.29, 1.82) is 0 Å². The fourth-order valence-electron chi connectivity index (χ4n) is 2.61. The number of benzene rings is 1.